The fourth-order valence-corrected chi connectivity index (χ4v) is 4.79. The third-order valence-electron chi connectivity index (χ3n) is 4.86. The van der Waals surface area contributed by atoms with E-state index in [4.69, 9.17) is 0 Å². The van der Waals surface area contributed by atoms with Crippen molar-refractivity contribution in [3.05, 3.63) is 53.9 Å². The van der Waals surface area contributed by atoms with Crippen LogP contribution in [-0.2, 0) is 15.8 Å². The number of H-pyrrole nitrogens is 1. The molecule has 2 aromatic rings. The van der Waals surface area contributed by atoms with Gasteiger partial charge in [0.25, 0.3) is 5.91 Å². The van der Waals surface area contributed by atoms with E-state index in [1.807, 2.05) is 30.3 Å². The van der Waals surface area contributed by atoms with Gasteiger partial charge in [-0.25, -0.2) is 12.7 Å². The first-order chi connectivity index (χ1) is 12.5. The van der Waals surface area contributed by atoms with Crippen molar-refractivity contribution in [1.82, 2.24) is 19.4 Å². The molecule has 1 saturated heterocycles. The van der Waals surface area contributed by atoms with Gasteiger partial charge in [-0.1, -0.05) is 30.3 Å². The molecule has 1 atom stereocenters. The molecule has 0 radical (unpaired) electrons. The number of carbonyl (C=O) groups is 1. The van der Waals surface area contributed by atoms with Crippen LogP contribution in [0, 0.1) is 0 Å². The molecule has 1 aliphatic rings. The van der Waals surface area contributed by atoms with E-state index in [0.717, 1.165) is 18.4 Å². The lowest BCUT2D eigenvalue weighted by Crippen LogP contribution is -2.39. The summed E-state index contributed by atoms with van der Waals surface area (Å²) >= 11 is 0. The highest BCUT2D eigenvalue weighted by Gasteiger charge is 2.30. The second-order valence-electron chi connectivity index (χ2n) is 6.61. The minimum Gasteiger partial charge on any atom is -0.337 e. The van der Waals surface area contributed by atoms with Crippen LogP contribution >= 0.6 is 0 Å². The van der Waals surface area contributed by atoms with E-state index < -0.39 is 10.0 Å². The Morgan fingerprint density at radius 3 is 2.69 bits per heavy atom. The van der Waals surface area contributed by atoms with Crippen molar-refractivity contribution in [2.24, 2.45) is 0 Å². The Bertz CT molecular complexity index is 821. The smallest absolute Gasteiger partial charge is 0.271 e. The number of aromatic amines is 1. The number of likely N-dealkylation sites (tertiary alicyclic amines) is 1. The fourth-order valence-electron chi connectivity index (χ4n) is 3.30. The Kier molecular flexibility index (Phi) is 5.73. The summed E-state index contributed by atoms with van der Waals surface area (Å²) in [6.45, 7) is 1.16. The number of hydrogen-bond acceptors (Lipinski definition) is 4. The Balaban J connectivity index is 1.63. The highest BCUT2D eigenvalue weighted by atomic mass is 32.2. The molecule has 3 rings (SSSR count). The number of nitrogens with one attached hydrogen (secondary N) is 1. The molecule has 1 aromatic carbocycles. The molecule has 0 spiro atoms. The predicted molar refractivity (Wildman–Crippen MR) is 99.0 cm³/mol. The van der Waals surface area contributed by atoms with Gasteiger partial charge in [0.1, 0.15) is 5.69 Å². The van der Waals surface area contributed by atoms with Crippen molar-refractivity contribution in [3.8, 4) is 0 Å². The average Bonchev–Trinajstić information content (AvgIpc) is 3.06. The topological polar surface area (TPSA) is 86.4 Å². The van der Waals surface area contributed by atoms with Crippen LogP contribution in [0.5, 0.6) is 0 Å². The van der Waals surface area contributed by atoms with Crippen LogP contribution in [0.3, 0.4) is 0 Å². The lowest BCUT2D eigenvalue weighted by molar-refractivity contribution is 0.0754. The number of hydrogen-bond donors (Lipinski definition) is 1. The first-order valence-corrected chi connectivity index (χ1v) is 10.4. The summed E-state index contributed by atoms with van der Waals surface area (Å²) in [6.07, 6.45) is 3.70. The van der Waals surface area contributed by atoms with Crippen molar-refractivity contribution in [2.75, 3.05) is 20.1 Å². The maximum atomic E-state index is 12.7. The normalized spacial score (nSPS) is 18.7. The Hall–Kier alpha value is -2.19. The summed E-state index contributed by atoms with van der Waals surface area (Å²) in [7, 11) is -1.75. The Morgan fingerprint density at radius 2 is 2.00 bits per heavy atom. The summed E-state index contributed by atoms with van der Waals surface area (Å²) in [5, 5.41) is 6.51. The Labute approximate surface area is 154 Å². The van der Waals surface area contributed by atoms with Crippen LogP contribution in [-0.4, -0.2) is 59.9 Å². The Morgan fingerprint density at radius 1 is 1.23 bits per heavy atom. The molecular formula is C18H24N4O3S. The van der Waals surface area contributed by atoms with E-state index in [1.54, 1.807) is 24.2 Å². The van der Waals surface area contributed by atoms with Crippen molar-refractivity contribution in [2.45, 2.75) is 31.1 Å². The van der Waals surface area contributed by atoms with E-state index in [-0.39, 0.29) is 17.7 Å². The molecular weight excluding hydrogens is 352 g/mol. The lowest BCUT2D eigenvalue weighted by atomic mass is 10.1. The molecule has 0 bridgehead atoms. The first-order valence-electron chi connectivity index (χ1n) is 8.75. The molecule has 1 aromatic heterocycles. The summed E-state index contributed by atoms with van der Waals surface area (Å²) in [5.41, 5.74) is 1.25. The molecule has 140 valence electrons. The van der Waals surface area contributed by atoms with Gasteiger partial charge >= 0.3 is 0 Å². The molecule has 2 heterocycles. The monoisotopic (exact) mass is 376 g/mol. The number of sulfonamides is 1. The SMILES string of the molecule is CN([C@@H]1CCCN(C(=O)c2ccn[nH]2)CC1)S(=O)(=O)Cc1ccccc1. The molecule has 1 fully saturated rings. The second-order valence-corrected chi connectivity index (χ2v) is 8.63. The van der Waals surface area contributed by atoms with Crippen LogP contribution in [0.25, 0.3) is 0 Å². The highest BCUT2D eigenvalue weighted by molar-refractivity contribution is 7.88. The zero-order chi connectivity index (χ0) is 18.6. The second kappa shape index (κ2) is 8.01. The molecule has 7 nitrogen and oxygen atoms in total. The van der Waals surface area contributed by atoms with Gasteiger partial charge in [0.05, 0.1) is 5.75 Å². The van der Waals surface area contributed by atoms with Gasteiger partial charge in [-0.05, 0) is 30.9 Å². The maximum Gasteiger partial charge on any atom is 0.271 e. The zero-order valence-corrected chi connectivity index (χ0v) is 15.7. The van der Waals surface area contributed by atoms with Crippen LogP contribution < -0.4 is 0 Å². The third-order valence-corrected chi connectivity index (χ3v) is 6.73. The molecule has 1 amide bonds. The van der Waals surface area contributed by atoms with Gasteiger partial charge < -0.3 is 4.90 Å². The van der Waals surface area contributed by atoms with E-state index in [2.05, 4.69) is 10.2 Å². The van der Waals surface area contributed by atoms with Gasteiger partial charge in [-0.2, -0.15) is 5.10 Å². The van der Waals surface area contributed by atoms with Crippen molar-refractivity contribution in [1.29, 1.82) is 0 Å². The lowest BCUT2D eigenvalue weighted by Gasteiger charge is -2.26. The molecule has 1 N–H and O–H groups in total. The summed E-state index contributed by atoms with van der Waals surface area (Å²) in [4.78, 5) is 14.2. The highest BCUT2D eigenvalue weighted by Crippen LogP contribution is 2.21. The van der Waals surface area contributed by atoms with E-state index in [0.29, 0.717) is 25.2 Å². The van der Waals surface area contributed by atoms with Crippen molar-refractivity contribution < 1.29 is 13.2 Å². The maximum absolute atomic E-state index is 12.7. The number of carbonyl (C=O) groups excluding carboxylic acids is 1. The predicted octanol–water partition coefficient (Wildman–Crippen LogP) is 1.87. The van der Waals surface area contributed by atoms with Crippen molar-refractivity contribution >= 4 is 15.9 Å². The van der Waals surface area contributed by atoms with Gasteiger partial charge in [-0.15, -0.1) is 0 Å². The molecule has 26 heavy (non-hydrogen) atoms. The summed E-state index contributed by atoms with van der Waals surface area (Å²) in [6, 6.07) is 10.8. The largest absolute Gasteiger partial charge is 0.337 e. The minimum absolute atomic E-state index is 0.00235. The molecule has 1 aliphatic heterocycles. The molecule has 0 unspecified atom stereocenters. The minimum atomic E-state index is -3.40. The quantitative estimate of drug-likeness (QED) is 0.863. The summed E-state index contributed by atoms with van der Waals surface area (Å²) < 4.78 is 27.0. The molecule has 0 aliphatic carbocycles. The van der Waals surface area contributed by atoms with Crippen LogP contribution in [0.15, 0.2) is 42.6 Å². The zero-order valence-electron chi connectivity index (χ0n) is 14.8. The van der Waals surface area contributed by atoms with E-state index >= 15 is 0 Å². The van der Waals surface area contributed by atoms with Crippen LogP contribution in [0.2, 0.25) is 0 Å². The van der Waals surface area contributed by atoms with Gasteiger partial charge in [0.15, 0.2) is 0 Å². The number of rotatable bonds is 5. The average molecular weight is 376 g/mol. The van der Waals surface area contributed by atoms with E-state index in [9.17, 15) is 13.2 Å². The number of benzene rings is 1. The van der Waals surface area contributed by atoms with Gasteiger partial charge in [0.2, 0.25) is 10.0 Å². The number of amides is 1. The molecule has 8 heteroatoms. The first kappa shape index (κ1) is 18.6. The van der Waals surface area contributed by atoms with Gasteiger partial charge in [0, 0.05) is 32.4 Å². The molecule has 0 saturated carbocycles. The van der Waals surface area contributed by atoms with Gasteiger partial charge in [-0.3, -0.25) is 9.89 Å². The van der Waals surface area contributed by atoms with Crippen molar-refractivity contribution in [3.63, 3.8) is 0 Å². The fraction of sp³-hybridized carbons (Fsp3) is 0.444. The summed E-state index contributed by atoms with van der Waals surface area (Å²) in [5.74, 6) is -0.0876. The van der Waals surface area contributed by atoms with E-state index in [1.165, 1.54) is 4.31 Å². The van der Waals surface area contributed by atoms with Crippen LogP contribution in [0.4, 0.5) is 0 Å². The third kappa shape index (κ3) is 4.31. The number of nitrogens with zero attached hydrogens (tertiary/aromatic N) is 3. The number of aromatic nitrogens is 2. The standard InChI is InChI=1S/C18H24N4O3S/c1-21(26(24,25)14-15-6-3-2-4-7-15)16-8-5-12-22(13-10-16)18(23)17-9-11-19-20-17/h2-4,6-7,9,11,16H,5,8,10,12-14H2,1H3,(H,19,20)/t16-/m1/s1. The van der Waals surface area contributed by atoms with Crippen LogP contribution in [0.1, 0.15) is 35.3 Å².